The third-order valence-corrected chi connectivity index (χ3v) is 8.33. The molecule has 1 atom stereocenters. The molecule has 4 amide bonds. The molecule has 0 spiro atoms. The normalized spacial score (nSPS) is 20.1. The van der Waals surface area contributed by atoms with Crippen LogP contribution in [0.1, 0.15) is 39.9 Å². The summed E-state index contributed by atoms with van der Waals surface area (Å²) in [5, 5.41) is 10.9. The molecule has 1 aromatic heterocycles. The molecule has 9 nitrogen and oxygen atoms in total. The Labute approximate surface area is 231 Å². The van der Waals surface area contributed by atoms with E-state index in [-0.39, 0.29) is 12.5 Å². The number of aryl methyl sites for hydroxylation is 1. The molecule has 40 heavy (non-hydrogen) atoms. The average molecular weight is 536 g/mol. The Bertz CT molecular complexity index is 1700. The highest BCUT2D eigenvalue weighted by molar-refractivity contribution is 6.08. The van der Waals surface area contributed by atoms with Gasteiger partial charge < -0.3 is 15.0 Å². The van der Waals surface area contributed by atoms with Crippen molar-refractivity contribution in [2.24, 2.45) is 5.92 Å². The summed E-state index contributed by atoms with van der Waals surface area (Å²) in [6.07, 6.45) is 4.48. The maximum absolute atomic E-state index is 13.3. The lowest BCUT2D eigenvalue weighted by Gasteiger charge is -2.31. The van der Waals surface area contributed by atoms with E-state index >= 15 is 0 Å². The number of nitrogens with one attached hydrogen (secondary N) is 2. The van der Waals surface area contributed by atoms with Crippen LogP contribution in [0.3, 0.4) is 0 Å². The minimum Gasteiger partial charge on any atom is -0.497 e. The van der Waals surface area contributed by atoms with Crippen molar-refractivity contribution in [3.63, 3.8) is 0 Å². The van der Waals surface area contributed by atoms with Gasteiger partial charge in [0.1, 0.15) is 5.75 Å². The smallest absolute Gasteiger partial charge is 0.322 e. The summed E-state index contributed by atoms with van der Waals surface area (Å²) in [4.78, 5) is 40.5. The van der Waals surface area contributed by atoms with Gasteiger partial charge in [0.05, 0.1) is 25.4 Å². The fourth-order valence-electron chi connectivity index (χ4n) is 6.02. The Morgan fingerprint density at radius 3 is 2.52 bits per heavy atom. The Kier molecular flexibility index (Phi) is 5.45. The van der Waals surface area contributed by atoms with Gasteiger partial charge in [-0.15, -0.1) is 0 Å². The molecule has 0 unspecified atom stereocenters. The lowest BCUT2D eigenvalue weighted by Crippen LogP contribution is -2.52. The fourth-order valence-corrected chi connectivity index (χ4v) is 6.02. The van der Waals surface area contributed by atoms with Crippen LogP contribution >= 0.6 is 0 Å². The van der Waals surface area contributed by atoms with Crippen LogP contribution in [0.15, 0.2) is 60.8 Å². The maximum atomic E-state index is 13.3. The number of carbonyl (C=O) groups excluding carboxylic acids is 3. The molecule has 3 aliphatic rings. The molecule has 0 radical (unpaired) electrons. The number of benzene rings is 3. The number of urea groups is 1. The van der Waals surface area contributed by atoms with Crippen LogP contribution in [0.5, 0.6) is 5.75 Å². The molecule has 1 aliphatic carbocycles. The molecule has 3 heterocycles. The van der Waals surface area contributed by atoms with Gasteiger partial charge in [0.2, 0.25) is 0 Å². The summed E-state index contributed by atoms with van der Waals surface area (Å²) >= 11 is 0. The van der Waals surface area contributed by atoms with Gasteiger partial charge in [-0.05, 0) is 77.8 Å². The highest BCUT2D eigenvalue weighted by atomic mass is 16.5. The van der Waals surface area contributed by atoms with Gasteiger partial charge in [-0.25, -0.2) is 4.79 Å². The van der Waals surface area contributed by atoms with E-state index in [0.717, 1.165) is 40.1 Å². The Hall–Kier alpha value is -4.66. The minimum atomic E-state index is -1.40. The third-order valence-electron chi connectivity index (χ3n) is 8.33. The van der Waals surface area contributed by atoms with E-state index in [1.54, 1.807) is 18.1 Å². The number of nitrogens with zero attached hydrogens (tertiary/aromatic N) is 3. The molecule has 1 saturated carbocycles. The van der Waals surface area contributed by atoms with Crippen molar-refractivity contribution < 1.29 is 19.1 Å². The van der Waals surface area contributed by atoms with Crippen molar-refractivity contribution in [3.8, 4) is 16.9 Å². The van der Waals surface area contributed by atoms with Gasteiger partial charge >= 0.3 is 6.03 Å². The molecular formula is C31H29N5O4. The number of imide groups is 1. The second-order valence-corrected chi connectivity index (χ2v) is 11.1. The highest BCUT2D eigenvalue weighted by Crippen LogP contribution is 2.35. The molecule has 1 saturated heterocycles. The molecule has 2 fully saturated rings. The third kappa shape index (κ3) is 3.92. The predicted octanol–water partition coefficient (Wildman–Crippen LogP) is 4.12. The van der Waals surface area contributed by atoms with Gasteiger partial charge in [-0.3, -0.25) is 19.6 Å². The van der Waals surface area contributed by atoms with Crippen LogP contribution in [-0.2, 0) is 23.4 Å². The molecule has 9 heteroatoms. The van der Waals surface area contributed by atoms with Crippen molar-refractivity contribution in [3.05, 3.63) is 83.0 Å². The van der Waals surface area contributed by atoms with Crippen molar-refractivity contribution >= 4 is 28.7 Å². The number of aromatic nitrogens is 2. The first-order chi connectivity index (χ1) is 19.3. The Morgan fingerprint density at radius 2 is 1.82 bits per heavy atom. The second-order valence-electron chi connectivity index (χ2n) is 11.1. The van der Waals surface area contributed by atoms with Crippen molar-refractivity contribution in [2.75, 3.05) is 13.7 Å². The molecule has 2 N–H and O–H groups in total. The minimum absolute atomic E-state index is 0.00496. The molecule has 2 aliphatic heterocycles. The van der Waals surface area contributed by atoms with E-state index in [1.165, 1.54) is 18.4 Å². The zero-order chi connectivity index (χ0) is 27.6. The van der Waals surface area contributed by atoms with Gasteiger partial charge in [0.15, 0.2) is 5.54 Å². The second kappa shape index (κ2) is 8.94. The topological polar surface area (TPSA) is 106 Å². The van der Waals surface area contributed by atoms with Crippen LogP contribution in [0.2, 0.25) is 0 Å². The number of carbonyl (C=O) groups is 3. The first-order valence-corrected chi connectivity index (χ1v) is 13.5. The lowest BCUT2D eigenvalue weighted by molar-refractivity contribution is -0.124. The largest absolute Gasteiger partial charge is 0.497 e. The maximum Gasteiger partial charge on any atom is 0.322 e. The number of hydrogen-bond donors (Lipinski definition) is 2. The number of amides is 4. The Balaban J connectivity index is 1.19. The number of hydrogen-bond acceptors (Lipinski definition) is 5. The van der Waals surface area contributed by atoms with Gasteiger partial charge in [-0.1, -0.05) is 30.3 Å². The lowest BCUT2D eigenvalue weighted by atomic mass is 9.87. The monoisotopic (exact) mass is 535 g/mol. The van der Waals surface area contributed by atoms with E-state index in [4.69, 9.17) is 4.74 Å². The van der Waals surface area contributed by atoms with Crippen molar-refractivity contribution in [1.82, 2.24) is 25.3 Å². The zero-order valence-electron chi connectivity index (χ0n) is 22.4. The first kappa shape index (κ1) is 24.4. The summed E-state index contributed by atoms with van der Waals surface area (Å²) in [5.74, 6) is 0.648. The Morgan fingerprint density at radius 1 is 1.02 bits per heavy atom. The van der Waals surface area contributed by atoms with Crippen LogP contribution < -0.4 is 15.4 Å². The van der Waals surface area contributed by atoms with Crippen LogP contribution in [0.25, 0.3) is 22.0 Å². The van der Waals surface area contributed by atoms with E-state index in [1.807, 2.05) is 42.6 Å². The van der Waals surface area contributed by atoms with Crippen molar-refractivity contribution in [1.29, 1.82) is 0 Å². The molecule has 0 bridgehead atoms. The van der Waals surface area contributed by atoms with Crippen LogP contribution in [-0.4, -0.2) is 46.2 Å². The molecule has 202 valence electrons. The van der Waals surface area contributed by atoms with Crippen LogP contribution in [0, 0.1) is 12.8 Å². The number of methoxy groups -OCH3 is 1. The van der Waals surface area contributed by atoms with Gasteiger partial charge in [0, 0.05) is 24.0 Å². The van der Waals surface area contributed by atoms with E-state index in [2.05, 4.69) is 39.5 Å². The first-order valence-electron chi connectivity index (χ1n) is 13.5. The number of fused-ring (bicyclic) bond motifs is 2. The molecule has 4 aromatic rings. The number of rotatable bonds is 7. The fraction of sp³-hybridized carbons (Fsp3) is 0.290. The SMILES string of the molecule is COc1ccc2c(c1)C(=O)N(C[C@@]1(c3ccc(-c4cc(C)c5c(cnn5CC5CC5)c4)cc3)NC(=O)NC1=O)C2. The highest BCUT2D eigenvalue weighted by Gasteiger charge is 2.50. The predicted molar refractivity (Wildman–Crippen MR) is 149 cm³/mol. The summed E-state index contributed by atoms with van der Waals surface area (Å²) in [6, 6.07) is 16.7. The number of ether oxygens (including phenoxy) is 1. The summed E-state index contributed by atoms with van der Waals surface area (Å²) in [5.41, 5.74) is 4.98. The van der Waals surface area contributed by atoms with E-state index < -0.39 is 17.5 Å². The van der Waals surface area contributed by atoms with E-state index in [9.17, 15) is 14.4 Å². The summed E-state index contributed by atoms with van der Waals surface area (Å²) in [6.45, 7) is 3.42. The standard InChI is InChI=1S/C31H29N5O4/c1-18-11-22(12-23-14-32-36(27(18)23)15-19-3-4-19)20-5-8-24(9-6-20)31(29(38)33-30(39)34-31)17-35-16-21-7-10-25(40-2)13-26(21)28(35)37/h5-14,19H,3-4,15-17H2,1-2H3,(H2,33,34,38,39)/t31-/m0/s1. The van der Waals surface area contributed by atoms with Crippen molar-refractivity contribution in [2.45, 2.75) is 38.4 Å². The zero-order valence-corrected chi connectivity index (χ0v) is 22.4. The molecule has 3 aromatic carbocycles. The van der Waals surface area contributed by atoms with E-state index in [0.29, 0.717) is 23.4 Å². The quantitative estimate of drug-likeness (QED) is 0.347. The van der Waals surface area contributed by atoms with Crippen LogP contribution in [0.4, 0.5) is 4.79 Å². The average Bonchev–Trinajstić information content (AvgIpc) is 3.49. The summed E-state index contributed by atoms with van der Waals surface area (Å²) < 4.78 is 7.40. The molecular weight excluding hydrogens is 506 g/mol. The van der Waals surface area contributed by atoms with Gasteiger partial charge in [0.25, 0.3) is 11.8 Å². The van der Waals surface area contributed by atoms with Gasteiger partial charge in [-0.2, -0.15) is 5.10 Å². The molecule has 7 rings (SSSR count). The summed E-state index contributed by atoms with van der Waals surface area (Å²) in [7, 11) is 1.55.